The molecule has 2 N–H and O–H groups in total. The first-order valence-corrected chi connectivity index (χ1v) is 9.19. The number of aromatic nitrogens is 2. The van der Waals surface area contributed by atoms with Crippen LogP contribution in [0.3, 0.4) is 0 Å². The Bertz CT molecular complexity index is 545. The SMILES string of the molecule is CCCNCc1cn[nH]c1S(=O)(=O)N1[C@H](C)CCC[C@@H]1C. The zero-order valence-electron chi connectivity index (χ0n) is 13.1. The molecule has 1 fully saturated rings. The first-order valence-electron chi connectivity index (χ1n) is 7.75. The van der Waals surface area contributed by atoms with Crippen LogP contribution in [0.15, 0.2) is 11.2 Å². The highest BCUT2D eigenvalue weighted by atomic mass is 32.2. The van der Waals surface area contributed by atoms with Gasteiger partial charge in [-0.1, -0.05) is 13.3 Å². The van der Waals surface area contributed by atoms with Crippen LogP contribution in [0.2, 0.25) is 0 Å². The molecule has 2 rings (SSSR count). The number of H-pyrrole nitrogens is 1. The quantitative estimate of drug-likeness (QED) is 0.786. The van der Waals surface area contributed by atoms with Crippen molar-refractivity contribution >= 4 is 10.0 Å². The fourth-order valence-electron chi connectivity index (χ4n) is 3.03. The third-order valence-corrected chi connectivity index (χ3v) is 6.21. The van der Waals surface area contributed by atoms with Crippen LogP contribution in [0.1, 0.15) is 52.0 Å². The Morgan fingerprint density at radius 3 is 2.67 bits per heavy atom. The van der Waals surface area contributed by atoms with Crippen molar-refractivity contribution in [1.29, 1.82) is 0 Å². The molecule has 0 unspecified atom stereocenters. The second-order valence-electron chi connectivity index (χ2n) is 5.87. The van der Waals surface area contributed by atoms with Gasteiger partial charge in [-0.15, -0.1) is 0 Å². The summed E-state index contributed by atoms with van der Waals surface area (Å²) in [6.45, 7) is 7.44. The van der Waals surface area contributed by atoms with Gasteiger partial charge in [-0.25, -0.2) is 8.42 Å². The first kappa shape index (κ1) is 16.5. The zero-order valence-corrected chi connectivity index (χ0v) is 13.9. The Labute approximate surface area is 127 Å². The summed E-state index contributed by atoms with van der Waals surface area (Å²) in [5.41, 5.74) is 0.716. The predicted octanol–water partition coefficient (Wildman–Crippen LogP) is 1.86. The van der Waals surface area contributed by atoms with Crippen molar-refractivity contribution in [3.05, 3.63) is 11.8 Å². The highest BCUT2D eigenvalue weighted by Crippen LogP contribution is 2.29. The molecule has 2 heterocycles. The molecule has 1 saturated heterocycles. The summed E-state index contributed by atoms with van der Waals surface area (Å²) in [5, 5.41) is 10.1. The number of rotatable bonds is 6. The van der Waals surface area contributed by atoms with Gasteiger partial charge in [0, 0.05) is 24.2 Å². The van der Waals surface area contributed by atoms with E-state index < -0.39 is 10.0 Å². The summed E-state index contributed by atoms with van der Waals surface area (Å²) in [6, 6.07) is 0.0806. The molecule has 1 aliphatic heterocycles. The molecule has 6 nitrogen and oxygen atoms in total. The van der Waals surface area contributed by atoms with Gasteiger partial charge >= 0.3 is 0 Å². The molecule has 21 heavy (non-hydrogen) atoms. The predicted molar refractivity (Wildman–Crippen MR) is 82.4 cm³/mol. The Hall–Kier alpha value is -0.920. The van der Waals surface area contributed by atoms with Crippen LogP contribution < -0.4 is 5.32 Å². The van der Waals surface area contributed by atoms with Gasteiger partial charge in [0.15, 0.2) is 5.03 Å². The summed E-state index contributed by atoms with van der Waals surface area (Å²) in [6.07, 6.45) is 5.54. The molecule has 1 aromatic rings. The van der Waals surface area contributed by atoms with Crippen LogP contribution in [-0.4, -0.2) is 41.5 Å². The minimum atomic E-state index is -3.51. The molecular formula is C14H26N4O2S. The van der Waals surface area contributed by atoms with Crippen LogP contribution in [0.4, 0.5) is 0 Å². The molecule has 7 heteroatoms. The molecule has 0 aromatic carbocycles. The van der Waals surface area contributed by atoms with Crippen LogP contribution in [0, 0.1) is 0 Å². The van der Waals surface area contributed by atoms with Crippen LogP contribution >= 0.6 is 0 Å². The molecule has 0 amide bonds. The fourth-order valence-corrected chi connectivity index (χ4v) is 5.02. The minimum absolute atomic E-state index is 0.0403. The number of piperidine rings is 1. The molecule has 120 valence electrons. The number of aromatic amines is 1. The molecule has 0 aliphatic carbocycles. The van der Waals surface area contributed by atoms with E-state index in [2.05, 4.69) is 22.4 Å². The molecule has 1 aliphatic rings. The Kier molecular flexibility index (Phi) is 5.40. The Morgan fingerprint density at radius 1 is 1.38 bits per heavy atom. The summed E-state index contributed by atoms with van der Waals surface area (Å²) in [4.78, 5) is 0. The second kappa shape index (κ2) is 6.89. The van der Waals surface area contributed by atoms with Crippen LogP contribution in [0.25, 0.3) is 0 Å². The standard InChI is InChI=1S/C14H26N4O2S/c1-4-8-15-9-13-10-16-17-14(13)21(19,20)18-11(2)6-5-7-12(18)3/h10-12,15H,4-9H2,1-3H3,(H,16,17)/t11-,12+. The van der Waals surface area contributed by atoms with Gasteiger partial charge in [-0.05, 0) is 39.7 Å². The number of sulfonamides is 1. The van der Waals surface area contributed by atoms with Crippen molar-refractivity contribution in [3.8, 4) is 0 Å². The maximum Gasteiger partial charge on any atom is 0.260 e. The lowest BCUT2D eigenvalue weighted by Crippen LogP contribution is -2.47. The van der Waals surface area contributed by atoms with Gasteiger partial charge in [0.05, 0.1) is 6.20 Å². The second-order valence-corrected chi connectivity index (χ2v) is 7.65. The summed E-state index contributed by atoms with van der Waals surface area (Å²) in [7, 11) is -3.51. The summed E-state index contributed by atoms with van der Waals surface area (Å²) >= 11 is 0. The van der Waals surface area contributed by atoms with Gasteiger partial charge in [0.2, 0.25) is 0 Å². The minimum Gasteiger partial charge on any atom is -0.313 e. The average Bonchev–Trinajstić information content (AvgIpc) is 2.88. The van der Waals surface area contributed by atoms with Crippen LogP contribution in [0.5, 0.6) is 0 Å². The van der Waals surface area contributed by atoms with Crippen LogP contribution in [-0.2, 0) is 16.6 Å². The maximum absolute atomic E-state index is 12.9. The van der Waals surface area contributed by atoms with Gasteiger partial charge < -0.3 is 5.32 Å². The van der Waals surface area contributed by atoms with Gasteiger partial charge in [-0.2, -0.15) is 9.40 Å². The Morgan fingerprint density at radius 2 is 2.05 bits per heavy atom. The number of hydrogen-bond donors (Lipinski definition) is 2. The molecule has 2 atom stereocenters. The monoisotopic (exact) mass is 314 g/mol. The lowest BCUT2D eigenvalue weighted by Gasteiger charge is -2.37. The molecule has 0 saturated carbocycles. The van der Waals surface area contributed by atoms with Crippen molar-refractivity contribution in [3.63, 3.8) is 0 Å². The molecule has 0 bridgehead atoms. The molecule has 1 aromatic heterocycles. The zero-order chi connectivity index (χ0) is 15.5. The van der Waals surface area contributed by atoms with Gasteiger partial charge in [-0.3, -0.25) is 5.10 Å². The molecule has 0 radical (unpaired) electrons. The highest BCUT2D eigenvalue weighted by Gasteiger charge is 2.37. The third-order valence-electron chi connectivity index (χ3n) is 4.07. The average molecular weight is 314 g/mol. The summed E-state index contributed by atoms with van der Waals surface area (Å²) in [5.74, 6) is 0. The normalized spacial score (nSPS) is 24.3. The van der Waals surface area contributed by atoms with Crippen molar-refractivity contribution < 1.29 is 8.42 Å². The van der Waals surface area contributed by atoms with E-state index in [9.17, 15) is 8.42 Å². The number of hydrogen-bond acceptors (Lipinski definition) is 4. The molecular weight excluding hydrogens is 288 g/mol. The van der Waals surface area contributed by atoms with E-state index in [4.69, 9.17) is 0 Å². The van der Waals surface area contributed by atoms with E-state index in [0.717, 1.165) is 32.2 Å². The number of nitrogens with zero attached hydrogens (tertiary/aromatic N) is 2. The first-order chi connectivity index (χ1) is 9.98. The largest absolute Gasteiger partial charge is 0.313 e. The number of nitrogens with one attached hydrogen (secondary N) is 2. The van der Waals surface area contributed by atoms with Crippen molar-refractivity contribution in [2.45, 2.75) is 70.1 Å². The van der Waals surface area contributed by atoms with E-state index in [-0.39, 0.29) is 17.1 Å². The van der Waals surface area contributed by atoms with Crippen molar-refractivity contribution in [1.82, 2.24) is 19.8 Å². The smallest absolute Gasteiger partial charge is 0.260 e. The maximum atomic E-state index is 12.9. The third kappa shape index (κ3) is 3.46. The molecule has 0 spiro atoms. The highest BCUT2D eigenvalue weighted by molar-refractivity contribution is 7.89. The Balaban J connectivity index is 2.25. The van der Waals surface area contributed by atoms with E-state index in [1.54, 1.807) is 10.5 Å². The van der Waals surface area contributed by atoms with Gasteiger partial charge in [0.1, 0.15) is 0 Å². The van der Waals surface area contributed by atoms with Crippen molar-refractivity contribution in [2.75, 3.05) is 6.54 Å². The fraction of sp³-hybridized carbons (Fsp3) is 0.786. The summed E-state index contributed by atoms with van der Waals surface area (Å²) < 4.78 is 27.5. The lowest BCUT2D eigenvalue weighted by molar-refractivity contribution is 0.203. The van der Waals surface area contributed by atoms with E-state index in [0.29, 0.717) is 12.1 Å². The van der Waals surface area contributed by atoms with E-state index >= 15 is 0 Å². The van der Waals surface area contributed by atoms with Crippen molar-refractivity contribution in [2.24, 2.45) is 0 Å². The topological polar surface area (TPSA) is 78.1 Å². The van der Waals surface area contributed by atoms with Gasteiger partial charge in [0.25, 0.3) is 10.0 Å². The lowest BCUT2D eigenvalue weighted by atomic mass is 10.0. The van der Waals surface area contributed by atoms with E-state index in [1.165, 1.54) is 0 Å². The van der Waals surface area contributed by atoms with E-state index in [1.807, 2.05) is 13.8 Å².